The van der Waals surface area contributed by atoms with Gasteiger partial charge in [-0.2, -0.15) is 0 Å². The van der Waals surface area contributed by atoms with Gasteiger partial charge in [-0.25, -0.2) is 9.19 Å². The minimum atomic E-state index is -2.16. The van der Waals surface area contributed by atoms with E-state index in [0.29, 0.717) is 22.5 Å². The average molecular weight is 253 g/mol. The molecular formula is C9H7N3O4S. The van der Waals surface area contributed by atoms with Gasteiger partial charge in [0, 0.05) is 6.07 Å². The first kappa shape index (κ1) is 10.2. The van der Waals surface area contributed by atoms with Crippen LogP contribution in [0.15, 0.2) is 17.3 Å². The lowest BCUT2D eigenvalue weighted by Gasteiger charge is -2.17. The highest BCUT2D eigenvalue weighted by Crippen LogP contribution is 2.31. The highest BCUT2D eigenvalue weighted by atomic mass is 32.2. The summed E-state index contributed by atoms with van der Waals surface area (Å²) in [6.07, 6.45) is 0. The van der Waals surface area contributed by atoms with E-state index >= 15 is 0 Å². The molecule has 88 valence electrons. The Morgan fingerprint density at radius 2 is 2.29 bits per heavy atom. The van der Waals surface area contributed by atoms with Gasteiger partial charge >= 0.3 is 0 Å². The molecule has 0 saturated heterocycles. The minimum Gasteiger partial charge on any atom is -0.481 e. The van der Waals surface area contributed by atoms with E-state index in [9.17, 15) is 9.00 Å². The van der Waals surface area contributed by atoms with Gasteiger partial charge in [0.25, 0.3) is 5.91 Å². The predicted molar refractivity (Wildman–Crippen MR) is 59.3 cm³/mol. The fourth-order valence-electron chi connectivity index (χ4n) is 1.64. The molecule has 17 heavy (non-hydrogen) atoms. The van der Waals surface area contributed by atoms with Crippen molar-refractivity contribution in [3.05, 3.63) is 12.1 Å². The Kier molecular flexibility index (Phi) is 2.13. The van der Waals surface area contributed by atoms with Crippen molar-refractivity contribution in [2.45, 2.75) is 5.16 Å². The molecule has 7 nitrogen and oxygen atoms in total. The highest BCUT2D eigenvalue weighted by Gasteiger charge is 2.18. The SMILES string of the molecule is O=C1COc2cc3nc(S(=O)O)[nH]c3cc2N1. The van der Waals surface area contributed by atoms with Gasteiger partial charge < -0.3 is 15.0 Å². The zero-order valence-electron chi connectivity index (χ0n) is 8.39. The Balaban J connectivity index is 2.18. The van der Waals surface area contributed by atoms with E-state index in [1.165, 1.54) is 0 Å². The molecular weight excluding hydrogens is 246 g/mol. The van der Waals surface area contributed by atoms with Crippen LogP contribution in [0, 0.1) is 0 Å². The predicted octanol–water partition coefficient (Wildman–Crippen LogP) is 0.474. The third-order valence-corrected chi connectivity index (χ3v) is 2.88. The Hall–Kier alpha value is -1.93. The number of carbonyl (C=O) groups is 1. The number of fused-ring (bicyclic) bond motifs is 2. The van der Waals surface area contributed by atoms with E-state index in [0.717, 1.165) is 0 Å². The largest absolute Gasteiger partial charge is 0.481 e. The van der Waals surface area contributed by atoms with Crippen molar-refractivity contribution in [3.8, 4) is 5.75 Å². The molecule has 3 rings (SSSR count). The molecule has 1 aliphatic rings. The maximum atomic E-state index is 11.1. The van der Waals surface area contributed by atoms with Crippen molar-refractivity contribution >= 4 is 33.7 Å². The normalized spacial score (nSPS) is 16.2. The van der Waals surface area contributed by atoms with Crippen LogP contribution < -0.4 is 10.1 Å². The van der Waals surface area contributed by atoms with Crippen molar-refractivity contribution in [3.63, 3.8) is 0 Å². The number of aromatic amines is 1. The molecule has 0 aliphatic carbocycles. The van der Waals surface area contributed by atoms with Crippen LogP contribution in [0.2, 0.25) is 0 Å². The lowest BCUT2D eigenvalue weighted by molar-refractivity contribution is -0.118. The average Bonchev–Trinajstić information content (AvgIpc) is 2.68. The topological polar surface area (TPSA) is 104 Å². The van der Waals surface area contributed by atoms with Crippen molar-refractivity contribution in [2.24, 2.45) is 0 Å². The summed E-state index contributed by atoms with van der Waals surface area (Å²) >= 11 is -2.16. The monoisotopic (exact) mass is 253 g/mol. The molecule has 1 atom stereocenters. The molecule has 3 N–H and O–H groups in total. The maximum Gasteiger partial charge on any atom is 0.262 e. The fraction of sp³-hybridized carbons (Fsp3) is 0.111. The molecule has 1 aromatic heterocycles. The minimum absolute atomic E-state index is 0.0336. The van der Waals surface area contributed by atoms with Crippen molar-refractivity contribution in [1.29, 1.82) is 0 Å². The second-order valence-electron chi connectivity index (χ2n) is 3.49. The summed E-state index contributed by atoms with van der Waals surface area (Å²) < 4.78 is 25.0. The quantitative estimate of drug-likeness (QED) is 0.641. The standard InChI is InChI=1S/C9H7N3O4S/c13-8-3-16-7-2-5-4(1-6(7)10-8)11-9(12-5)17(14)15/h1-2H,3H2,(H,10,13)(H,11,12)(H,14,15). The van der Waals surface area contributed by atoms with Crippen LogP contribution in [-0.4, -0.2) is 31.2 Å². The molecule has 2 aromatic rings. The van der Waals surface area contributed by atoms with E-state index in [2.05, 4.69) is 15.3 Å². The van der Waals surface area contributed by atoms with E-state index in [1.807, 2.05) is 0 Å². The van der Waals surface area contributed by atoms with E-state index in [4.69, 9.17) is 9.29 Å². The van der Waals surface area contributed by atoms with Gasteiger partial charge in [-0.1, -0.05) is 0 Å². The van der Waals surface area contributed by atoms with Gasteiger partial charge in [0.15, 0.2) is 6.61 Å². The zero-order valence-corrected chi connectivity index (χ0v) is 9.21. The Morgan fingerprint density at radius 1 is 1.47 bits per heavy atom. The second kappa shape index (κ2) is 3.54. The molecule has 1 aliphatic heterocycles. The number of carbonyl (C=O) groups excluding carboxylic acids is 1. The maximum absolute atomic E-state index is 11.1. The number of anilines is 1. The molecule has 0 saturated carbocycles. The molecule has 0 bridgehead atoms. The van der Waals surface area contributed by atoms with Crippen LogP contribution in [0.5, 0.6) is 5.75 Å². The number of hydrogen-bond donors (Lipinski definition) is 3. The Morgan fingerprint density at radius 3 is 3.06 bits per heavy atom. The van der Waals surface area contributed by atoms with Gasteiger partial charge in [0.05, 0.1) is 16.7 Å². The number of aromatic nitrogens is 2. The lowest BCUT2D eigenvalue weighted by Crippen LogP contribution is -2.25. The number of ether oxygens (including phenoxy) is 1. The summed E-state index contributed by atoms with van der Waals surface area (Å²) in [5.41, 5.74) is 1.59. The zero-order chi connectivity index (χ0) is 12.0. The van der Waals surface area contributed by atoms with E-state index in [-0.39, 0.29) is 17.7 Å². The van der Waals surface area contributed by atoms with E-state index < -0.39 is 11.1 Å². The number of hydrogen-bond acceptors (Lipinski definition) is 4. The van der Waals surface area contributed by atoms with Crippen LogP contribution in [-0.2, 0) is 15.9 Å². The first-order valence-corrected chi connectivity index (χ1v) is 5.81. The van der Waals surface area contributed by atoms with Crippen LogP contribution in [0.1, 0.15) is 0 Å². The molecule has 8 heteroatoms. The molecule has 1 unspecified atom stereocenters. The highest BCUT2D eigenvalue weighted by molar-refractivity contribution is 7.79. The first-order valence-electron chi connectivity index (χ1n) is 4.71. The number of nitrogens with one attached hydrogen (secondary N) is 2. The van der Waals surface area contributed by atoms with Crippen LogP contribution in [0.3, 0.4) is 0 Å². The van der Waals surface area contributed by atoms with Crippen molar-refractivity contribution in [2.75, 3.05) is 11.9 Å². The van der Waals surface area contributed by atoms with Gasteiger partial charge in [-0.05, 0) is 6.07 Å². The van der Waals surface area contributed by atoms with Gasteiger partial charge in [0.1, 0.15) is 5.75 Å². The first-order chi connectivity index (χ1) is 8.13. The molecule has 0 spiro atoms. The summed E-state index contributed by atoms with van der Waals surface area (Å²) in [6, 6.07) is 3.22. The summed E-state index contributed by atoms with van der Waals surface area (Å²) in [6.45, 7) is -0.0400. The molecule has 0 radical (unpaired) electrons. The van der Waals surface area contributed by atoms with Gasteiger partial charge in [-0.3, -0.25) is 9.35 Å². The Bertz CT molecular complexity index is 651. The van der Waals surface area contributed by atoms with Crippen molar-refractivity contribution in [1.82, 2.24) is 9.97 Å². The second-order valence-corrected chi connectivity index (χ2v) is 4.38. The number of rotatable bonds is 1. The number of benzene rings is 1. The smallest absolute Gasteiger partial charge is 0.262 e. The van der Waals surface area contributed by atoms with Crippen LogP contribution in [0.25, 0.3) is 11.0 Å². The van der Waals surface area contributed by atoms with E-state index in [1.54, 1.807) is 12.1 Å². The Labute approximate surface area is 97.5 Å². The fourth-order valence-corrected chi connectivity index (χ4v) is 2.02. The van der Waals surface area contributed by atoms with Gasteiger partial charge in [-0.15, -0.1) is 0 Å². The summed E-state index contributed by atoms with van der Waals surface area (Å²) in [7, 11) is 0. The third kappa shape index (κ3) is 1.67. The molecule has 2 heterocycles. The molecule has 1 amide bonds. The number of nitrogens with zero attached hydrogens (tertiary/aromatic N) is 1. The summed E-state index contributed by atoms with van der Waals surface area (Å²) in [5.74, 6) is 0.265. The van der Waals surface area contributed by atoms with Gasteiger partial charge in [0.2, 0.25) is 16.2 Å². The summed E-state index contributed by atoms with van der Waals surface area (Å²) in [5, 5.41) is 2.61. The van der Waals surface area contributed by atoms with Crippen LogP contribution >= 0.6 is 0 Å². The van der Waals surface area contributed by atoms with Crippen LogP contribution in [0.4, 0.5) is 5.69 Å². The number of imidazole rings is 1. The number of amides is 1. The third-order valence-electron chi connectivity index (χ3n) is 2.36. The summed E-state index contributed by atoms with van der Waals surface area (Å²) in [4.78, 5) is 17.8. The molecule has 0 fully saturated rings. The lowest BCUT2D eigenvalue weighted by atomic mass is 10.2. The molecule has 1 aromatic carbocycles. The van der Waals surface area contributed by atoms with Crippen molar-refractivity contribution < 1.29 is 18.3 Å². The number of H-pyrrole nitrogens is 1.